The van der Waals surface area contributed by atoms with Crippen LogP contribution in [0.25, 0.3) is 0 Å². The molecule has 0 spiro atoms. The van der Waals surface area contributed by atoms with Crippen LogP contribution in [0.5, 0.6) is 0 Å². The molecule has 9 heteroatoms. The minimum atomic E-state index is -3.16. The molecular formula is C17H30FIN4O2S. The highest BCUT2D eigenvalue weighted by molar-refractivity contribution is 14.0. The van der Waals surface area contributed by atoms with Crippen LogP contribution in [-0.2, 0) is 10.0 Å². The second kappa shape index (κ2) is 12.4. The number of hydrogen-bond acceptors (Lipinski definition) is 3. The molecule has 0 saturated heterocycles. The number of hydrogen-bond donors (Lipinski definition) is 3. The summed E-state index contributed by atoms with van der Waals surface area (Å²) in [7, 11) is -3.16. The Morgan fingerprint density at radius 1 is 1.31 bits per heavy atom. The zero-order valence-corrected chi connectivity index (χ0v) is 18.9. The lowest BCUT2D eigenvalue weighted by Crippen LogP contribution is -2.39. The van der Waals surface area contributed by atoms with Gasteiger partial charge in [-0.1, -0.05) is 12.1 Å². The number of halogens is 2. The largest absolute Gasteiger partial charge is 0.357 e. The van der Waals surface area contributed by atoms with E-state index < -0.39 is 10.0 Å². The Kier molecular flexibility index (Phi) is 12.0. The molecule has 0 fully saturated rings. The van der Waals surface area contributed by atoms with E-state index in [0.717, 1.165) is 5.56 Å². The maximum absolute atomic E-state index is 13.7. The SMILES string of the molecule is CCNC(=NCCCNS(=O)(=O)CC)NC(C)c1ccc(C)c(F)c1.I. The molecule has 0 aromatic heterocycles. The van der Waals surface area contributed by atoms with Gasteiger partial charge in [-0.2, -0.15) is 0 Å². The van der Waals surface area contributed by atoms with Crippen LogP contribution in [0.15, 0.2) is 23.2 Å². The Labute approximate surface area is 173 Å². The van der Waals surface area contributed by atoms with Gasteiger partial charge in [0.05, 0.1) is 11.8 Å². The Bertz CT molecular complexity index is 683. The van der Waals surface area contributed by atoms with Crippen LogP contribution in [0, 0.1) is 12.7 Å². The van der Waals surface area contributed by atoms with Gasteiger partial charge in [0.1, 0.15) is 5.82 Å². The normalized spacial score (nSPS) is 13.0. The van der Waals surface area contributed by atoms with Gasteiger partial charge < -0.3 is 10.6 Å². The fourth-order valence-electron chi connectivity index (χ4n) is 2.09. The van der Waals surface area contributed by atoms with E-state index in [4.69, 9.17) is 0 Å². The first kappa shape index (κ1) is 25.1. The van der Waals surface area contributed by atoms with Gasteiger partial charge in [-0.3, -0.25) is 4.99 Å². The van der Waals surface area contributed by atoms with Gasteiger partial charge in [-0.25, -0.2) is 17.5 Å². The highest BCUT2D eigenvalue weighted by Gasteiger charge is 2.10. The second-order valence-electron chi connectivity index (χ2n) is 5.79. The smallest absolute Gasteiger partial charge is 0.211 e. The molecule has 1 aromatic carbocycles. The van der Waals surface area contributed by atoms with E-state index in [-0.39, 0.29) is 41.6 Å². The number of rotatable bonds is 9. The third-order valence-electron chi connectivity index (χ3n) is 3.70. The summed E-state index contributed by atoms with van der Waals surface area (Å²) in [6, 6.07) is 5.06. The van der Waals surface area contributed by atoms with Crippen LogP contribution in [0.4, 0.5) is 4.39 Å². The average molecular weight is 500 g/mol. The third kappa shape index (κ3) is 9.13. The molecule has 1 rings (SSSR count). The van der Waals surface area contributed by atoms with Crippen molar-refractivity contribution in [1.82, 2.24) is 15.4 Å². The Morgan fingerprint density at radius 3 is 2.58 bits per heavy atom. The molecule has 3 N–H and O–H groups in total. The summed E-state index contributed by atoms with van der Waals surface area (Å²) in [4.78, 5) is 4.43. The van der Waals surface area contributed by atoms with Gasteiger partial charge in [0.25, 0.3) is 0 Å². The number of benzene rings is 1. The topological polar surface area (TPSA) is 82.6 Å². The Balaban J connectivity index is 0.00000625. The standard InChI is InChI=1S/C17H29FN4O2S.HI/c1-5-19-17(20-10-7-11-21-25(23,24)6-2)22-14(4)15-9-8-13(3)16(18)12-15;/h8-9,12,14,21H,5-7,10-11H2,1-4H3,(H2,19,20,22);1H. The summed E-state index contributed by atoms with van der Waals surface area (Å²) in [5.41, 5.74) is 1.45. The molecule has 0 amide bonds. The second-order valence-corrected chi connectivity index (χ2v) is 7.88. The van der Waals surface area contributed by atoms with E-state index in [1.54, 1.807) is 19.9 Å². The van der Waals surface area contributed by atoms with E-state index in [9.17, 15) is 12.8 Å². The number of nitrogens with one attached hydrogen (secondary N) is 3. The van der Waals surface area contributed by atoms with Crippen LogP contribution in [0.2, 0.25) is 0 Å². The summed E-state index contributed by atoms with van der Waals surface area (Å²) in [5.74, 6) is 0.469. The molecule has 6 nitrogen and oxygen atoms in total. The highest BCUT2D eigenvalue weighted by atomic mass is 127. The van der Waals surface area contributed by atoms with Gasteiger partial charge in [0.15, 0.2) is 5.96 Å². The number of nitrogens with zero attached hydrogens (tertiary/aromatic N) is 1. The molecule has 0 heterocycles. The molecule has 0 bridgehead atoms. The van der Waals surface area contributed by atoms with Crippen molar-refractivity contribution in [3.05, 3.63) is 35.1 Å². The molecule has 1 atom stereocenters. The molecule has 0 radical (unpaired) electrons. The lowest BCUT2D eigenvalue weighted by atomic mass is 10.1. The van der Waals surface area contributed by atoms with Gasteiger partial charge in [0, 0.05) is 19.6 Å². The first-order valence-electron chi connectivity index (χ1n) is 8.57. The summed E-state index contributed by atoms with van der Waals surface area (Å²) in [6.07, 6.45) is 0.601. The molecule has 0 aliphatic carbocycles. The van der Waals surface area contributed by atoms with Gasteiger partial charge in [0.2, 0.25) is 10.0 Å². The minimum Gasteiger partial charge on any atom is -0.357 e. The number of sulfonamides is 1. The monoisotopic (exact) mass is 500 g/mol. The number of aliphatic imine (C=N–C) groups is 1. The summed E-state index contributed by atoms with van der Waals surface area (Å²) >= 11 is 0. The predicted molar refractivity (Wildman–Crippen MR) is 116 cm³/mol. The van der Waals surface area contributed by atoms with E-state index in [0.29, 0.717) is 37.6 Å². The van der Waals surface area contributed by atoms with Gasteiger partial charge in [-0.15, -0.1) is 24.0 Å². The van der Waals surface area contributed by atoms with Crippen molar-refractivity contribution in [2.24, 2.45) is 4.99 Å². The molecule has 1 unspecified atom stereocenters. The van der Waals surface area contributed by atoms with Crippen LogP contribution in [-0.4, -0.2) is 39.8 Å². The van der Waals surface area contributed by atoms with E-state index in [2.05, 4.69) is 20.3 Å². The summed E-state index contributed by atoms with van der Waals surface area (Å²) < 4.78 is 38.9. The molecular weight excluding hydrogens is 470 g/mol. The predicted octanol–water partition coefficient (Wildman–Crippen LogP) is 2.70. The lowest BCUT2D eigenvalue weighted by molar-refractivity contribution is 0.580. The fraction of sp³-hybridized carbons (Fsp3) is 0.588. The molecule has 150 valence electrons. The maximum atomic E-state index is 13.7. The van der Waals surface area contributed by atoms with Crippen molar-refractivity contribution in [1.29, 1.82) is 0 Å². The Morgan fingerprint density at radius 2 is 2.00 bits per heavy atom. The van der Waals surface area contributed by atoms with Crippen molar-refractivity contribution in [2.75, 3.05) is 25.4 Å². The first-order chi connectivity index (χ1) is 11.8. The highest BCUT2D eigenvalue weighted by Crippen LogP contribution is 2.16. The Hall–Kier alpha value is -0.940. The minimum absolute atomic E-state index is 0. The molecule has 26 heavy (non-hydrogen) atoms. The van der Waals surface area contributed by atoms with Gasteiger partial charge >= 0.3 is 0 Å². The van der Waals surface area contributed by atoms with Crippen molar-refractivity contribution < 1.29 is 12.8 Å². The van der Waals surface area contributed by atoms with Crippen LogP contribution >= 0.6 is 24.0 Å². The van der Waals surface area contributed by atoms with Crippen LogP contribution in [0.1, 0.15) is 44.4 Å². The van der Waals surface area contributed by atoms with Crippen LogP contribution < -0.4 is 15.4 Å². The zero-order chi connectivity index (χ0) is 18.9. The number of aryl methyl sites for hydroxylation is 1. The summed E-state index contributed by atoms with van der Waals surface area (Å²) in [5, 5.41) is 6.37. The van der Waals surface area contributed by atoms with E-state index in [1.165, 1.54) is 6.07 Å². The third-order valence-corrected chi connectivity index (χ3v) is 5.10. The van der Waals surface area contributed by atoms with Crippen molar-refractivity contribution in [3.8, 4) is 0 Å². The first-order valence-corrected chi connectivity index (χ1v) is 10.2. The zero-order valence-electron chi connectivity index (χ0n) is 15.8. The van der Waals surface area contributed by atoms with Crippen molar-refractivity contribution in [3.63, 3.8) is 0 Å². The maximum Gasteiger partial charge on any atom is 0.211 e. The molecule has 0 aliphatic rings. The molecule has 1 aromatic rings. The van der Waals surface area contributed by atoms with Crippen molar-refractivity contribution in [2.45, 2.75) is 40.2 Å². The molecule has 0 saturated carbocycles. The quantitative estimate of drug-likeness (QED) is 0.211. The van der Waals surface area contributed by atoms with Crippen molar-refractivity contribution >= 4 is 40.0 Å². The van der Waals surface area contributed by atoms with Gasteiger partial charge in [-0.05, 0) is 51.3 Å². The van der Waals surface area contributed by atoms with E-state index in [1.807, 2.05) is 19.9 Å². The molecule has 0 aliphatic heterocycles. The average Bonchev–Trinajstić information content (AvgIpc) is 2.57. The van der Waals surface area contributed by atoms with Crippen LogP contribution in [0.3, 0.4) is 0 Å². The van der Waals surface area contributed by atoms with E-state index >= 15 is 0 Å². The lowest BCUT2D eigenvalue weighted by Gasteiger charge is -2.18. The summed E-state index contributed by atoms with van der Waals surface area (Å²) in [6.45, 7) is 8.77. The number of guanidine groups is 1. The fourth-order valence-corrected chi connectivity index (χ4v) is 2.75.